The van der Waals surface area contributed by atoms with Gasteiger partial charge in [-0.1, -0.05) is 97.3 Å². The van der Waals surface area contributed by atoms with Crippen molar-refractivity contribution < 1.29 is 23.4 Å². The maximum Gasteiger partial charge on any atom is 0.469 e. The standard InChI is InChI=1S/C15H34N.C8H19O4P/c1-5-6-7-8-9-10-11-12-13-14-15-16(2,3)4;1-2-3-4-5-6-7-8-12-13(9,10)11/h5-15H2,1-4H3;2-8H2,1H3,(H2,9,10,11)/q+1;. The van der Waals surface area contributed by atoms with Gasteiger partial charge in [0.25, 0.3) is 0 Å². The van der Waals surface area contributed by atoms with Crippen LogP contribution in [0.3, 0.4) is 0 Å². The monoisotopic (exact) mass is 438 g/mol. The number of hydrogen-bond acceptors (Lipinski definition) is 2. The second-order valence-electron chi connectivity index (χ2n) is 9.29. The maximum absolute atomic E-state index is 10.2. The predicted molar refractivity (Wildman–Crippen MR) is 126 cm³/mol. The van der Waals surface area contributed by atoms with Gasteiger partial charge in [0.05, 0.1) is 34.3 Å². The van der Waals surface area contributed by atoms with Crippen molar-refractivity contribution in [2.45, 2.75) is 117 Å². The summed E-state index contributed by atoms with van der Waals surface area (Å²) < 4.78 is 15.7. The van der Waals surface area contributed by atoms with Gasteiger partial charge in [-0.15, -0.1) is 0 Å². The Hall–Kier alpha value is 0.0700. The Balaban J connectivity index is 0. The second-order valence-corrected chi connectivity index (χ2v) is 10.5. The molecule has 29 heavy (non-hydrogen) atoms. The predicted octanol–water partition coefficient (Wildman–Crippen LogP) is 7.07. The van der Waals surface area contributed by atoms with E-state index in [0.717, 1.165) is 23.7 Å². The number of unbranched alkanes of at least 4 members (excludes halogenated alkanes) is 14. The highest BCUT2D eigenvalue weighted by atomic mass is 31.2. The van der Waals surface area contributed by atoms with Crippen molar-refractivity contribution in [3.05, 3.63) is 0 Å². The second kappa shape index (κ2) is 21.3. The van der Waals surface area contributed by atoms with E-state index in [1.54, 1.807) is 0 Å². The zero-order valence-electron chi connectivity index (χ0n) is 20.3. The Morgan fingerprint density at radius 2 is 0.966 bits per heavy atom. The van der Waals surface area contributed by atoms with Gasteiger partial charge in [-0.2, -0.15) is 0 Å². The third-order valence-corrected chi connectivity index (χ3v) is 5.46. The molecular weight excluding hydrogens is 385 g/mol. The molecule has 0 heterocycles. The van der Waals surface area contributed by atoms with E-state index in [9.17, 15) is 4.57 Å². The van der Waals surface area contributed by atoms with Crippen LogP contribution in [0.5, 0.6) is 0 Å². The highest BCUT2D eigenvalue weighted by Crippen LogP contribution is 2.35. The molecule has 0 fully saturated rings. The molecule has 0 aromatic heterocycles. The molecule has 0 rings (SSSR count). The summed E-state index contributed by atoms with van der Waals surface area (Å²) in [5.41, 5.74) is 0. The van der Waals surface area contributed by atoms with Gasteiger partial charge < -0.3 is 14.3 Å². The zero-order valence-corrected chi connectivity index (χ0v) is 21.2. The van der Waals surface area contributed by atoms with Crippen molar-refractivity contribution in [3.8, 4) is 0 Å². The fraction of sp³-hybridized carbons (Fsp3) is 1.00. The molecule has 6 heteroatoms. The first kappa shape index (κ1) is 31.3. The topological polar surface area (TPSA) is 66.8 Å². The molecule has 0 amide bonds. The lowest BCUT2D eigenvalue weighted by molar-refractivity contribution is -0.870. The lowest BCUT2D eigenvalue weighted by atomic mass is 10.1. The van der Waals surface area contributed by atoms with Gasteiger partial charge in [0.2, 0.25) is 0 Å². The van der Waals surface area contributed by atoms with Crippen LogP contribution in [0.2, 0.25) is 0 Å². The van der Waals surface area contributed by atoms with E-state index in [1.165, 1.54) is 90.0 Å². The van der Waals surface area contributed by atoms with Crippen molar-refractivity contribution in [3.63, 3.8) is 0 Å². The summed E-state index contributed by atoms with van der Waals surface area (Å²) in [6.07, 6.45) is 20.9. The highest BCUT2D eigenvalue weighted by Gasteiger charge is 2.12. The fourth-order valence-corrected chi connectivity index (χ4v) is 3.51. The Bertz CT molecular complexity index is 366. The number of rotatable bonds is 19. The SMILES string of the molecule is CCCCCCCCCCCC[N+](C)(C)C.CCCCCCCCOP(=O)(O)O. The largest absolute Gasteiger partial charge is 0.469 e. The van der Waals surface area contributed by atoms with E-state index in [-0.39, 0.29) is 6.61 Å². The van der Waals surface area contributed by atoms with Crippen molar-refractivity contribution in [2.75, 3.05) is 34.3 Å². The molecule has 0 saturated heterocycles. The Kier molecular flexibility index (Phi) is 23.0. The number of phosphoric ester groups is 1. The van der Waals surface area contributed by atoms with Crippen molar-refractivity contribution in [1.29, 1.82) is 0 Å². The van der Waals surface area contributed by atoms with Gasteiger partial charge >= 0.3 is 7.82 Å². The lowest BCUT2D eigenvalue weighted by Crippen LogP contribution is -2.35. The highest BCUT2D eigenvalue weighted by molar-refractivity contribution is 7.46. The molecule has 0 unspecified atom stereocenters. The summed E-state index contributed by atoms with van der Waals surface area (Å²) in [6, 6.07) is 0. The van der Waals surface area contributed by atoms with E-state index in [0.29, 0.717) is 0 Å². The van der Waals surface area contributed by atoms with Crippen LogP contribution in [0.4, 0.5) is 0 Å². The van der Waals surface area contributed by atoms with E-state index >= 15 is 0 Å². The summed E-state index contributed by atoms with van der Waals surface area (Å²) in [5.74, 6) is 0. The Labute approximate surface area is 182 Å². The van der Waals surface area contributed by atoms with Crippen molar-refractivity contribution in [1.82, 2.24) is 0 Å². The summed E-state index contributed by atoms with van der Waals surface area (Å²) >= 11 is 0. The van der Waals surface area contributed by atoms with E-state index < -0.39 is 7.82 Å². The molecular formula is C23H53NO4P+. The summed E-state index contributed by atoms with van der Waals surface area (Å²) in [6.45, 7) is 5.93. The average Bonchev–Trinajstić information content (AvgIpc) is 2.61. The van der Waals surface area contributed by atoms with Crippen LogP contribution in [-0.4, -0.2) is 48.6 Å². The van der Waals surface area contributed by atoms with E-state index in [1.807, 2.05) is 0 Å². The minimum absolute atomic E-state index is 0.163. The molecule has 0 aromatic carbocycles. The molecule has 178 valence electrons. The van der Waals surface area contributed by atoms with Crippen LogP contribution >= 0.6 is 7.82 Å². The number of quaternary nitrogens is 1. The van der Waals surface area contributed by atoms with Gasteiger partial charge in [-0.05, 0) is 19.3 Å². The third kappa shape index (κ3) is 35.8. The molecule has 0 bridgehead atoms. The first-order valence-electron chi connectivity index (χ1n) is 12.1. The molecule has 0 atom stereocenters. The van der Waals surface area contributed by atoms with Crippen LogP contribution in [0.1, 0.15) is 117 Å². The first-order valence-corrected chi connectivity index (χ1v) is 13.7. The van der Waals surface area contributed by atoms with Crippen LogP contribution < -0.4 is 0 Å². The van der Waals surface area contributed by atoms with Crippen LogP contribution in [0.15, 0.2) is 0 Å². The Morgan fingerprint density at radius 3 is 1.31 bits per heavy atom. The summed E-state index contributed by atoms with van der Waals surface area (Å²) in [4.78, 5) is 16.7. The summed E-state index contributed by atoms with van der Waals surface area (Å²) in [5, 5.41) is 0. The smallest absolute Gasteiger partial charge is 0.331 e. The molecule has 0 spiro atoms. The molecule has 2 N–H and O–H groups in total. The Morgan fingerprint density at radius 1 is 0.621 bits per heavy atom. The lowest BCUT2D eigenvalue weighted by Gasteiger charge is -2.23. The molecule has 0 aliphatic carbocycles. The zero-order chi connectivity index (χ0) is 22.4. The van der Waals surface area contributed by atoms with E-state index in [2.05, 4.69) is 39.5 Å². The van der Waals surface area contributed by atoms with Gasteiger partial charge in [0, 0.05) is 0 Å². The normalized spacial score (nSPS) is 12.0. The first-order chi connectivity index (χ1) is 13.6. The third-order valence-electron chi connectivity index (χ3n) is 4.94. The van der Waals surface area contributed by atoms with Crippen LogP contribution in [0, 0.1) is 0 Å². The number of phosphoric acid groups is 1. The molecule has 0 aliphatic heterocycles. The van der Waals surface area contributed by atoms with Crippen molar-refractivity contribution >= 4 is 7.82 Å². The van der Waals surface area contributed by atoms with Gasteiger partial charge in [0.1, 0.15) is 0 Å². The van der Waals surface area contributed by atoms with Gasteiger partial charge in [-0.25, -0.2) is 4.57 Å². The van der Waals surface area contributed by atoms with Crippen LogP contribution in [0.25, 0.3) is 0 Å². The minimum atomic E-state index is -4.23. The average molecular weight is 439 g/mol. The molecule has 0 saturated carbocycles. The van der Waals surface area contributed by atoms with Crippen molar-refractivity contribution in [2.24, 2.45) is 0 Å². The van der Waals surface area contributed by atoms with Gasteiger partial charge in [0.15, 0.2) is 0 Å². The number of nitrogens with zero attached hydrogens (tertiary/aromatic N) is 1. The number of hydrogen-bond donors (Lipinski definition) is 2. The molecule has 5 nitrogen and oxygen atoms in total. The van der Waals surface area contributed by atoms with Gasteiger partial charge in [-0.3, -0.25) is 4.52 Å². The van der Waals surface area contributed by atoms with Crippen LogP contribution in [-0.2, 0) is 9.09 Å². The minimum Gasteiger partial charge on any atom is -0.331 e. The summed E-state index contributed by atoms with van der Waals surface area (Å²) in [7, 11) is 2.63. The molecule has 0 aliphatic rings. The quantitative estimate of drug-likeness (QED) is 0.129. The molecule has 0 radical (unpaired) electrons. The fourth-order valence-electron chi connectivity index (χ4n) is 3.14. The maximum atomic E-state index is 10.2. The molecule has 0 aromatic rings. The van der Waals surface area contributed by atoms with E-state index in [4.69, 9.17) is 9.79 Å².